The molecule has 6 nitrogen and oxygen atoms in total. The molecule has 19 heavy (non-hydrogen) atoms. The zero-order valence-corrected chi connectivity index (χ0v) is 11.4. The first-order valence-corrected chi connectivity index (χ1v) is 7.07. The maximum atomic E-state index is 9.00. The van der Waals surface area contributed by atoms with Gasteiger partial charge in [0.2, 0.25) is 11.7 Å². The minimum Gasteiger partial charge on any atom is -0.394 e. The van der Waals surface area contributed by atoms with E-state index in [0.717, 1.165) is 12.8 Å². The molecule has 1 aromatic heterocycles. The number of aliphatic hydroxyl groups is 1. The van der Waals surface area contributed by atoms with Crippen LogP contribution >= 0.6 is 0 Å². The van der Waals surface area contributed by atoms with Crippen molar-refractivity contribution in [2.24, 2.45) is 11.7 Å². The summed E-state index contributed by atoms with van der Waals surface area (Å²) in [5.41, 5.74) is 5.67. The van der Waals surface area contributed by atoms with Crippen LogP contribution in [0, 0.1) is 5.92 Å². The molecule has 3 N–H and O–H groups in total. The lowest BCUT2D eigenvalue weighted by atomic mass is 9.85. The van der Waals surface area contributed by atoms with Crippen LogP contribution in [-0.2, 0) is 4.74 Å². The van der Waals surface area contributed by atoms with E-state index in [-0.39, 0.29) is 18.6 Å². The summed E-state index contributed by atoms with van der Waals surface area (Å²) in [6.45, 7) is 2.39. The van der Waals surface area contributed by atoms with Crippen molar-refractivity contribution in [1.29, 1.82) is 0 Å². The number of hydrogen-bond donors (Lipinski definition) is 2. The summed E-state index contributed by atoms with van der Waals surface area (Å²) in [4.78, 5) is 4.29. The molecule has 0 aromatic carbocycles. The lowest BCUT2D eigenvalue weighted by Gasteiger charge is -2.27. The highest BCUT2D eigenvalue weighted by molar-refractivity contribution is 4.97. The molecule has 0 bridgehead atoms. The summed E-state index contributed by atoms with van der Waals surface area (Å²) >= 11 is 0. The van der Waals surface area contributed by atoms with Crippen LogP contribution < -0.4 is 5.73 Å². The number of rotatable bonds is 6. The summed E-state index contributed by atoms with van der Waals surface area (Å²) in [7, 11) is 0. The van der Waals surface area contributed by atoms with Gasteiger partial charge in [-0.2, -0.15) is 4.98 Å². The van der Waals surface area contributed by atoms with Gasteiger partial charge in [0.05, 0.1) is 6.61 Å². The van der Waals surface area contributed by atoms with E-state index in [2.05, 4.69) is 10.1 Å². The molecular weight excluding hydrogens is 246 g/mol. The van der Waals surface area contributed by atoms with Gasteiger partial charge in [0.15, 0.2) is 0 Å². The molecular formula is C13H23N3O3. The Morgan fingerprint density at radius 3 is 2.79 bits per heavy atom. The van der Waals surface area contributed by atoms with E-state index < -0.39 is 6.04 Å². The van der Waals surface area contributed by atoms with E-state index >= 15 is 0 Å². The Bertz CT molecular complexity index is 377. The van der Waals surface area contributed by atoms with E-state index in [1.165, 1.54) is 19.3 Å². The molecule has 0 amide bonds. The van der Waals surface area contributed by atoms with Gasteiger partial charge in [-0.25, -0.2) is 0 Å². The Balaban J connectivity index is 2.11. The third-order valence-corrected chi connectivity index (χ3v) is 3.65. The number of aromatic nitrogens is 2. The van der Waals surface area contributed by atoms with Gasteiger partial charge >= 0.3 is 0 Å². The van der Waals surface area contributed by atoms with Crippen molar-refractivity contribution >= 4 is 0 Å². The molecule has 0 radical (unpaired) electrons. The predicted molar refractivity (Wildman–Crippen MR) is 69.3 cm³/mol. The maximum absolute atomic E-state index is 9.00. The van der Waals surface area contributed by atoms with Crippen LogP contribution in [-0.4, -0.2) is 28.5 Å². The first kappa shape index (κ1) is 14.4. The monoisotopic (exact) mass is 269 g/mol. The summed E-state index contributed by atoms with van der Waals surface area (Å²) in [5, 5.41) is 13.0. The molecule has 1 saturated carbocycles. The zero-order chi connectivity index (χ0) is 13.7. The number of ether oxygens (including phenoxy) is 1. The highest BCUT2D eigenvalue weighted by Crippen LogP contribution is 2.35. The van der Waals surface area contributed by atoms with E-state index in [1.807, 2.05) is 6.92 Å². The Morgan fingerprint density at radius 2 is 2.16 bits per heavy atom. The summed E-state index contributed by atoms with van der Waals surface area (Å²) in [6.07, 6.45) is 5.92. The Hall–Kier alpha value is -0.980. The van der Waals surface area contributed by atoms with Crippen LogP contribution in [0.1, 0.15) is 62.9 Å². The molecule has 1 heterocycles. The first-order chi connectivity index (χ1) is 9.26. The van der Waals surface area contributed by atoms with Gasteiger partial charge in [-0.05, 0) is 25.7 Å². The fourth-order valence-corrected chi connectivity index (χ4v) is 2.63. The van der Waals surface area contributed by atoms with Gasteiger partial charge in [0, 0.05) is 6.61 Å². The fraction of sp³-hybridized carbons (Fsp3) is 0.846. The van der Waals surface area contributed by atoms with Crippen molar-refractivity contribution in [3.8, 4) is 0 Å². The van der Waals surface area contributed by atoms with E-state index in [9.17, 15) is 0 Å². The van der Waals surface area contributed by atoms with Gasteiger partial charge in [-0.3, -0.25) is 0 Å². The summed E-state index contributed by atoms with van der Waals surface area (Å²) in [6, 6.07) is -0.616. The quantitative estimate of drug-likeness (QED) is 0.816. The molecule has 1 aromatic rings. The highest BCUT2D eigenvalue weighted by Gasteiger charge is 2.30. The molecule has 1 unspecified atom stereocenters. The zero-order valence-electron chi connectivity index (χ0n) is 11.4. The SMILES string of the molecule is CCOC(c1noc([C@@H](N)CO)n1)C1CCCCC1. The molecule has 1 fully saturated rings. The molecule has 0 aliphatic heterocycles. The second-order valence-electron chi connectivity index (χ2n) is 5.05. The van der Waals surface area contributed by atoms with Crippen molar-refractivity contribution < 1.29 is 14.4 Å². The van der Waals surface area contributed by atoms with Gasteiger partial charge in [0.25, 0.3) is 0 Å². The standard InChI is InChI=1S/C13H23N3O3/c1-2-18-11(9-6-4-3-5-7-9)12-15-13(19-16-12)10(14)8-17/h9-11,17H,2-8,14H2,1H3/t10-,11?/m0/s1. The molecule has 1 aliphatic carbocycles. The van der Waals surface area contributed by atoms with Crippen LogP contribution in [0.5, 0.6) is 0 Å². The third-order valence-electron chi connectivity index (χ3n) is 3.65. The number of hydrogen-bond acceptors (Lipinski definition) is 6. The summed E-state index contributed by atoms with van der Waals surface area (Å²) in [5.74, 6) is 1.29. The second kappa shape index (κ2) is 6.98. The molecule has 1 aliphatic rings. The number of nitrogens with zero attached hydrogens (tertiary/aromatic N) is 2. The molecule has 0 saturated heterocycles. The molecule has 0 spiro atoms. The van der Waals surface area contributed by atoms with E-state index in [0.29, 0.717) is 18.3 Å². The van der Waals surface area contributed by atoms with Crippen LogP contribution in [0.3, 0.4) is 0 Å². The van der Waals surface area contributed by atoms with Crippen LogP contribution in [0.4, 0.5) is 0 Å². The lowest BCUT2D eigenvalue weighted by Crippen LogP contribution is -2.21. The first-order valence-electron chi connectivity index (χ1n) is 7.07. The second-order valence-corrected chi connectivity index (χ2v) is 5.05. The lowest BCUT2D eigenvalue weighted by molar-refractivity contribution is -0.00145. The largest absolute Gasteiger partial charge is 0.394 e. The number of nitrogens with two attached hydrogens (primary N) is 1. The van der Waals surface area contributed by atoms with Crippen LogP contribution in [0.15, 0.2) is 4.52 Å². The minimum atomic E-state index is -0.616. The van der Waals surface area contributed by atoms with Crippen molar-refractivity contribution in [2.45, 2.75) is 51.2 Å². The predicted octanol–water partition coefficient (Wildman–Crippen LogP) is 1.72. The van der Waals surface area contributed by atoms with Crippen molar-refractivity contribution in [3.63, 3.8) is 0 Å². The van der Waals surface area contributed by atoms with Crippen LogP contribution in [0.25, 0.3) is 0 Å². The summed E-state index contributed by atoms with van der Waals surface area (Å²) < 4.78 is 10.9. The topological polar surface area (TPSA) is 94.4 Å². The van der Waals surface area contributed by atoms with Gasteiger partial charge < -0.3 is 20.1 Å². The van der Waals surface area contributed by atoms with Gasteiger partial charge in [-0.1, -0.05) is 24.4 Å². The smallest absolute Gasteiger partial charge is 0.246 e. The highest BCUT2D eigenvalue weighted by atomic mass is 16.5. The van der Waals surface area contributed by atoms with Gasteiger partial charge in [0.1, 0.15) is 12.1 Å². The van der Waals surface area contributed by atoms with Crippen LogP contribution in [0.2, 0.25) is 0 Å². The third kappa shape index (κ3) is 3.52. The van der Waals surface area contributed by atoms with Crippen molar-refractivity contribution in [3.05, 3.63) is 11.7 Å². The average Bonchev–Trinajstić information content (AvgIpc) is 2.94. The van der Waals surface area contributed by atoms with Crippen molar-refractivity contribution in [1.82, 2.24) is 10.1 Å². The van der Waals surface area contributed by atoms with Gasteiger partial charge in [-0.15, -0.1) is 0 Å². The maximum Gasteiger partial charge on any atom is 0.246 e. The molecule has 2 atom stereocenters. The Kier molecular flexibility index (Phi) is 5.30. The molecule has 108 valence electrons. The molecule has 2 rings (SSSR count). The molecule has 6 heteroatoms. The average molecular weight is 269 g/mol. The van der Waals surface area contributed by atoms with Crippen molar-refractivity contribution in [2.75, 3.05) is 13.2 Å². The minimum absolute atomic E-state index is 0.117. The Labute approximate surface area is 113 Å². The number of aliphatic hydroxyl groups excluding tert-OH is 1. The fourth-order valence-electron chi connectivity index (χ4n) is 2.63. The Morgan fingerprint density at radius 1 is 1.42 bits per heavy atom. The van der Waals surface area contributed by atoms with E-state index in [4.69, 9.17) is 20.1 Å². The normalized spacial score (nSPS) is 20.4. The van der Waals surface area contributed by atoms with E-state index in [1.54, 1.807) is 0 Å².